The van der Waals surface area contributed by atoms with E-state index in [1.165, 1.54) is 16.5 Å². The van der Waals surface area contributed by atoms with E-state index in [4.69, 9.17) is 0 Å². The fourth-order valence-electron chi connectivity index (χ4n) is 2.56. The van der Waals surface area contributed by atoms with Gasteiger partial charge in [-0.2, -0.15) is 0 Å². The summed E-state index contributed by atoms with van der Waals surface area (Å²) < 4.78 is 4.10. The van der Waals surface area contributed by atoms with Crippen LogP contribution in [-0.4, -0.2) is 15.4 Å². The Balaban J connectivity index is 2.60. The molecule has 3 rings (SSSR count). The summed E-state index contributed by atoms with van der Waals surface area (Å²) in [6.07, 6.45) is 0.904. The van der Waals surface area contributed by atoms with Gasteiger partial charge in [0, 0.05) is 19.5 Å². The van der Waals surface area contributed by atoms with Crippen molar-refractivity contribution in [2.75, 3.05) is 0 Å². The maximum absolute atomic E-state index is 11.0. The highest BCUT2D eigenvalue weighted by molar-refractivity contribution is 6.08. The molecule has 17 heavy (non-hydrogen) atoms. The van der Waals surface area contributed by atoms with Crippen LogP contribution in [0.15, 0.2) is 24.3 Å². The Morgan fingerprint density at radius 2 is 1.82 bits per heavy atom. The zero-order valence-corrected chi connectivity index (χ0v) is 10.2. The average Bonchev–Trinajstić information content (AvgIpc) is 2.77. The number of carbonyl (C=O) groups is 1. The van der Waals surface area contributed by atoms with Crippen molar-refractivity contribution in [2.24, 2.45) is 14.1 Å². The minimum absolute atomic E-state index is 0.717. The standard InChI is InChI=1S/C14H14N2O/c1-9-4-5-12-11(6-9)14-13(16(12)3)7-10(8-17)15(14)2/h4-8H,1-3H3. The minimum atomic E-state index is 0.717. The number of carbonyl (C=O) groups excluding carboxylic acids is 1. The number of aromatic nitrogens is 2. The monoisotopic (exact) mass is 226 g/mol. The van der Waals surface area contributed by atoms with Crippen LogP contribution in [-0.2, 0) is 14.1 Å². The van der Waals surface area contributed by atoms with E-state index in [-0.39, 0.29) is 0 Å². The molecule has 86 valence electrons. The summed E-state index contributed by atoms with van der Waals surface area (Å²) >= 11 is 0. The fourth-order valence-corrected chi connectivity index (χ4v) is 2.56. The van der Waals surface area contributed by atoms with Crippen molar-refractivity contribution < 1.29 is 4.79 Å². The molecular weight excluding hydrogens is 212 g/mol. The normalized spacial score (nSPS) is 11.5. The van der Waals surface area contributed by atoms with Crippen LogP contribution in [0.1, 0.15) is 16.1 Å². The molecule has 0 aliphatic rings. The second-order valence-corrected chi connectivity index (χ2v) is 4.56. The molecule has 0 fully saturated rings. The molecule has 0 radical (unpaired) electrons. The van der Waals surface area contributed by atoms with E-state index in [1.807, 2.05) is 24.7 Å². The lowest BCUT2D eigenvalue weighted by Gasteiger charge is -2.00. The van der Waals surface area contributed by atoms with Gasteiger partial charge >= 0.3 is 0 Å². The zero-order chi connectivity index (χ0) is 12.2. The first-order chi connectivity index (χ1) is 8.13. The van der Waals surface area contributed by atoms with Gasteiger partial charge in [0.25, 0.3) is 0 Å². The molecule has 1 aromatic carbocycles. The zero-order valence-electron chi connectivity index (χ0n) is 10.2. The number of aryl methyl sites for hydroxylation is 3. The van der Waals surface area contributed by atoms with Crippen molar-refractivity contribution in [3.05, 3.63) is 35.5 Å². The number of nitrogens with zero attached hydrogens (tertiary/aromatic N) is 2. The van der Waals surface area contributed by atoms with Gasteiger partial charge in [0.1, 0.15) is 0 Å². The lowest BCUT2D eigenvalue weighted by molar-refractivity contribution is 0.111. The van der Waals surface area contributed by atoms with E-state index in [9.17, 15) is 4.79 Å². The van der Waals surface area contributed by atoms with Gasteiger partial charge in [-0.15, -0.1) is 0 Å². The second kappa shape index (κ2) is 3.23. The summed E-state index contributed by atoms with van der Waals surface area (Å²) in [6, 6.07) is 8.36. The van der Waals surface area contributed by atoms with Gasteiger partial charge in [0.15, 0.2) is 6.29 Å². The number of fused-ring (bicyclic) bond motifs is 3. The van der Waals surface area contributed by atoms with E-state index in [2.05, 4.69) is 29.7 Å². The van der Waals surface area contributed by atoms with Crippen molar-refractivity contribution in [3.8, 4) is 0 Å². The first kappa shape index (κ1) is 10.1. The van der Waals surface area contributed by atoms with E-state index in [1.54, 1.807) is 0 Å². The number of benzene rings is 1. The van der Waals surface area contributed by atoms with E-state index < -0.39 is 0 Å². The van der Waals surface area contributed by atoms with Crippen molar-refractivity contribution in [2.45, 2.75) is 6.92 Å². The highest BCUT2D eigenvalue weighted by atomic mass is 16.1. The predicted octanol–water partition coefficient (Wildman–Crippen LogP) is 2.79. The molecular formula is C14H14N2O. The molecule has 0 saturated carbocycles. The largest absolute Gasteiger partial charge is 0.342 e. The van der Waals surface area contributed by atoms with Gasteiger partial charge < -0.3 is 9.13 Å². The number of hydrogen-bond acceptors (Lipinski definition) is 1. The third-order valence-electron chi connectivity index (χ3n) is 3.50. The topological polar surface area (TPSA) is 26.9 Å². The second-order valence-electron chi connectivity index (χ2n) is 4.56. The summed E-state index contributed by atoms with van der Waals surface area (Å²) in [6.45, 7) is 2.09. The highest BCUT2D eigenvalue weighted by Crippen LogP contribution is 2.30. The fraction of sp³-hybridized carbons (Fsp3) is 0.214. The van der Waals surface area contributed by atoms with Crippen molar-refractivity contribution >= 4 is 28.2 Å². The molecule has 0 bridgehead atoms. The number of aldehydes is 1. The molecule has 0 unspecified atom stereocenters. The Hall–Kier alpha value is -2.03. The van der Waals surface area contributed by atoms with Gasteiger partial charge in [-0.25, -0.2) is 0 Å². The Morgan fingerprint density at radius 1 is 1.06 bits per heavy atom. The van der Waals surface area contributed by atoms with Crippen LogP contribution in [0, 0.1) is 6.92 Å². The molecule has 3 aromatic rings. The first-order valence-electron chi connectivity index (χ1n) is 5.63. The summed E-state index contributed by atoms with van der Waals surface area (Å²) in [5.74, 6) is 0. The molecule has 3 heteroatoms. The number of hydrogen-bond donors (Lipinski definition) is 0. The Labute approximate surface area is 99.3 Å². The van der Waals surface area contributed by atoms with Gasteiger partial charge in [0.2, 0.25) is 0 Å². The van der Waals surface area contributed by atoms with Crippen LogP contribution in [0.25, 0.3) is 21.9 Å². The van der Waals surface area contributed by atoms with Gasteiger partial charge in [0.05, 0.1) is 22.2 Å². The van der Waals surface area contributed by atoms with Gasteiger partial charge in [-0.1, -0.05) is 11.6 Å². The van der Waals surface area contributed by atoms with Crippen LogP contribution in [0.3, 0.4) is 0 Å². The van der Waals surface area contributed by atoms with Crippen LogP contribution in [0.2, 0.25) is 0 Å². The van der Waals surface area contributed by atoms with Crippen molar-refractivity contribution in [1.82, 2.24) is 9.13 Å². The molecule has 2 aromatic heterocycles. The summed E-state index contributed by atoms with van der Waals surface area (Å²) in [7, 11) is 3.97. The first-order valence-corrected chi connectivity index (χ1v) is 5.63. The van der Waals surface area contributed by atoms with Crippen LogP contribution in [0.4, 0.5) is 0 Å². The summed E-state index contributed by atoms with van der Waals surface area (Å²) in [5, 5.41) is 1.21. The molecule has 0 aliphatic carbocycles. The summed E-state index contributed by atoms with van der Waals surface area (Å²) in [5.41, 5.74) is 5.39. The highest BCUT2D eigenvalue weighted by Gasteiger charge is 2.14. The Kier molecular flexibility index (Phi) is 1.93. The Morgan fingerprint density at radius 3 is 2.53 bits per heavy atom. The Bertz CT molecular complexity index is 747. The molecule has 0 atom stereocenters. The smallest absolute Gasteiger partial charge is 0.166 e. The molecule has 2 heterocycles. The third-order valence-corrected chi connectivity index (χ3v) is 3.50. The minimum Gasteiger partial charge on any atom is -0.342 e. The molecule has 0 aliphatic heterocycles. The van der Waals surface area contributed by atoms with Gasteiger partial charge in [-0.3, -0.25) is 4.79 Å². The third kappa shape index (κ3) is 1.19. The van der Waals surface area contributed by atoms with Crippen LogP contribution in [0.5, 0.6) is 0 Å². The van der Waals surface area contributed by atoms with E-state index in [0.29, 0.717) is 5.69 Å². The molecule has 0 N–H and O–H groups in total. The van der Waals surface area contributed by atoms with Gasteiger partial charge in [-0.05, 0) is 25.1 Å². The lowest BCUT2D eigenvalue weighted by atomic mass is 10.2. The maximum Gasteiger partial charge on any atom is 0.166 e. The molecule has 0 spiro atoms. The maximum atomic E-state index is 11.0. The SMILES string of the molecule is Cc1ccc2c(c1)c1c(cc(C=O)n1C)n2C. The van der Waals surface area contributed by atoms with Crippen molar-refractivity contribution in [3.63, 3.8) is 0 Å². The van der Waals surface area contributed by atoms with Crippen LogP contribution < -0.4 is 0 Å². The predicted molar refractivity (Wildman–Crippen MR) is 69.5 cm³/mol. The lowest BCUT2D eigenvalue weighted by Crippen LogP contribution is -1.93. The van der Waals surface area contributed by atoms with Crippen molar-refractivity contribution in [1.29, 1.82) is 0 Å². The molecule has 3 nitrogen and oxygen atoms in total. The molecule has 0 amide bonds. The number of rotatable bonds is 1. The van der Waals surface area contributed by atoms with E-state index >= 15 is 0 Å². The van der Waals surface area contributed by atoms with E-state index in [0.717, 1.165) is 17.3 Å². The quantitative estimate of drug-likeness (QED) is 0.586. The summed E-state index contributed by atoms with van der Waals surface area (Å²) in [4.78, 5) is 11.0. The average molecular weight is 226 g/mol. The molecule has 0 saturated heterocycles. The van der Waals surface area contributed by atoms with Crippen LogP contribution >= 0.6 is 0 Å².